The molecule has 78 valence electrons. The van der Waals surface area contributed by atoms with Gasteiger partial charge in [-0.15, -0.1) is 0 Å². The van der Waals surface area contributed by atoms with E-state index in [1.54, 1.807) is 0 Å². The summed E-state index contributed by atoms with van der Waals surface area (Å²) in [7, 11) is 0. The number of anilines is 1. The number of furan rings is 1. The highest BCUT2D eigenvalue weighted by Crippen LogP contribution is 2.11. The van der Waals surface area contributed by atoms with Crippen molar-refractivity contribution in [3.8, 4) is 0 Å². The first kappa shape index (κ1) is 10.6. The first-order chi connectivity index (χ1) is 6.68. The molecule has 1 aromatic heterocycles. The predicted octanol–water partition coefficient (Wildman–Crippen LogP) is 2.25. The molecule has 4 heteroatoms. The summed E-state index contributed by atoms with van der Waals surface area (Å²) in [6.07, 6.45) is 1.77. The number of carboxylic acids is 1. The van der Waals surface area contributed by atoms with E-state index in [-0.39, 0.29) is 6.42 Å². The summed E-state index contributed by atoms with van der Waals surface area (Å²) < 4.78 is 5.28. The van der Waals surface area contributed by atoms with Crippen LogP contribution in [-0.2, 0) is 4.79 Å². The number of aliphatic carboxylic acids is 1. The molecule has 0 aliphatic carbocycles. The number of carboxylic acid groups (broad SMARTS) is 1. The van der Waals surface area contributed by atoms with Crippen LogP contribution in [0.15, 0.2) is 16.5 Å². The summed E-state index contributed by atoms with van der Waals surface area (Å²) in [5, 5.41) is 11.5. The molecule has 1 heterocycles. The molecule has 4 nitrogen and oxygen atoms in total. The molecule has 1 aromatic rings. The maximum absolute atomic E-state index is 10.2. The van der Waals surface area contributed by atoms with Crippen molar-refractivity contribution in [3.05, 3.63) is 17.9 Å². The average Bonchev–Trinajstić information content (AvgIpc) is 2.50. The Hall–Kier alpha value is -1.45. The Morgan fingerprint density at radius 3 is 2.86 bits per heavy atom. The Kier molecular flexibility index (Phi) is 4.04. The van der Waals surface area contributed by atoms with Crippen LogP contribution < -0.4 is 5.32 Å². The molecule has 0 aliphatic rings. The van der Waals surface area contributed by atoms with Crippen LogP contribution in [0.5, 0.6) is 0 Å². The van der Waals surface area contributed by atoms with Gasteiger partial charge in [0.05, 0.1) is 0 Å². The monoisotopic (exact) mass is 197 g/mol. The van der Waals surface area contributed by atoms with E-state index in [2.05, 4.69) is 5.32 Å². The summed E-state index contributed by atoms with van der Waals surface area (Å²) in [6, 6.07) is 3.76. The van der Waals surface area contributed by atoms with E-state index in [4.69, 9.17) is 9.52 Å². The minimum atomic E-state index is -0.737. The number of aryl methyl sites for hydroxylation is 1. The Balaban J connectivity index is 2.07. The van der Waals surface area contributed by atoms with E-state index >= 15 is 0 Å². The van der Waals surface area contributed by atoms with Gasteiger partial charge in [-0.3, -0.25) is 4.79 Å². The highest BCUT2D eigenvalue weighted by molar-refractivity contribution is 5.66. The lowest BCUT2D eigenvalue weighted by atomic mass is 10.2. The van der Waals surface area contributed by atoms with Crippen LogP contribution in [0.1, 0.15) is 25.0 Å². The molecule has 0 bridgehead atoms. The zero-order valence-corrected chi connectivity index (χ0v) is 8.25. The van der Waals surface area contributed by atoms with Gasteiger partial charge in [0.15, 0.2) is 5.88 Å². The van der Waals surface area contributed by atoms with E-state index in [0.717, 1.165) is 24.6 Å². The van der Waals surface area contributed by atoms with Gasteiger partial charge in [0.2, 0.25) is 0 Å². The first-order valence-corrected chi connectivity index (χ1v) is 4.70. The second-order valence-electron chi connectivity index (χ2n) is 3.19. The largest absolute Gasteiger partial charge is 0.481 e. The van der Waals surface area contributed by atoms with E-state index in [9.17, 15) is 4.79 Å². The van der Waals surface area contributed by atoms with Gasteiger partial charge in [-0.1, -0.05) is 0 Å². The molecule has 0 aliphatic heterocycles. The van der Waals surface area contributed by atoms with Crippen molar-refractivity contribution in [2.45, 2.75) is 26.2 Å². The SMILES string of the molecule is Cc1ccc(NCCCCC(=O)O)o1. The molecular weight excluding hydrogens is 182 g/mol. The second kappa shape index (κ2) is 5.32. The molecule has 0 amide bonds. The van der Waals surface area contributed by atoms with E-state index in [0.29, 0.717) is 6.42 Å². The first-order valence-electron chi connectivity index (χ1n) is 4.70. The summed E-state index contributed by atoms with van der Waals surface area (Å²) in [5.41, 5.74) is 0. The number of carbonyl (C=O) groups is 1. The molecular formula is C10H15NO3. The van der Waals surface area contributed by atoms with Crippen LogP contribution in [0, 0.1) is 6.92 Å². The average molecular weight is 197 g/mol. The summed E-state index contributed by atoms with van der Waals surface area (Å²) >= 11 is 0. The smallest absolute Gasteiger partial charge is 0.303 e. The van der Waals surface area contributed by atoms with Gasteiger partial charge in [-0.2, -0.15) is 0 Å². The topological polar surface area (TPSA) is 62.5 Å². The Bertz CT molecular complexity index is 293. The highest BCUT2D eigenvalue weighted by atomic mass is 16.4. The maximum Gasteiger partial charge on any atom is 0.303 e. The van der Waals surface area contributed by atoms with Gasteiger partial charge in [-0.25, -0.2) is 0 Å². The van der Waals surface area contributed by atoms with E-state index < -0.39 is 5.97 Å². The highest BCUT2D eigenvalue weighted by Gasteiger charge is 1.98. The number of nitrogens with one attached hydrogen (secondary N) is 1. The van der Waals surface area contributed by atoms with Crippen LogP contribution in [0.3, 0.4) is 0 Å². The summed E-state index contributed by atoms with van der Waals surface area (Å²) in [6.45, 7) is 2.63. The standard InChI is InChI=1S/C10H15NO3/c1-8-5-6-9(14-8)11-7-3-2-4-10(12)13/h5-6,11H,2-4,7H2,1H3,(H,12,13). The van der Waals surface area contributed by atoms with Crippen molar-refractivity contribution < 1.29 is 14.3 Å². The molecule has 0 radical (unpaired) electrons. The van der Waals surface area contributed by atoms with Crippen molar-refractivity contribution >= 4 is 11.9 Å². The van der Waals surface area contributed by atoms with Gasteiger partial charge < -0.3 is 14.8 Å². The quantitative estimate of drug-likeness (QED) is 0.686. The third-order valence-corrected chi connectivity index (χ3v) is 1.86. The third-order valence-electron chi connectivity index (χ3n) is 1.86. The molecule has 0 saturated carbocycles. The number of rotatable bonds is 6. The van der Waals surface area contributed by atoms with Gasteiger partial charge in [0.1, 0.15) is 5.76 Å². The molecule has 0 spiro atoms. The second-order valence-corrected chi connectivity index (χ2v) is 3.19. The van der Waals surface area contributed by atoms with Crippen LogP contribution in [0.25, 0.3) is 0 Å². The predicted molar refractivity (Wildman–Crippen MR) is 53.4 cm³/mol. The van der Waals surface area contributed by atoms with E-state index in [1.165, 1.54) is 0 Å². The molecule has 2 N–H and O–H groups in total. The van der Waals surface area contributed by atoms with Gasteiger partial charge >= 0.3 is 5.97 Å². The number of hydrogen-bond acceptors (Lipinski definition) is 3. The Labute approximate surface area is 82.9 Å². The molecule has 0 atom stereocenters. The van der Waals surface area contributed by atoms with Gasteiger partial charge in [-0.05, 0) is 25.8 Å². The normalized spacial score (nSPS) is 10.1. The van der Waals surface area contributed by atoms with Crippen LogP contribution >= 0.6 is 0 Å². The minimum Gasteiger partial charge on any atom is -0.481 e. The lowest BCUT2D eigenvalue weighted by Gasteiger charge is -2.00. The zero-order chi connectivity index (χ0) is 10.4. The van der Waals surface area contributed by atoms with Gasteiger partial charge in [0, 0.05) is 19.0 Å². The lowest BCUT2D eigenvalue weighted by Crippen LogP contribution is -2.02. The fourth-order valence-corrected chi connectivity index (χ4v) is 1.14. The fraction of sp³-hybridized carbons (Fsp3) is 0.500. The molecule has 1 rings (SSSR count). The molecule has 0 saturated heterocycles. The Morgan fingerprint density at radius 2 is 2.29 bits per heavy atom. The molecule has 0 unspecified atom stereocenters. The van der Waals surface area contributed by atoms with Crippen LogP contribution in [0.2, 0.25) is 0 Å². The third kappa shape index (κ3) is 3.98. The molecule has 0 fully saturated rings. The summed E-state index contributed by atoms with van der Waals surface area (Å²) in [4.78, 5) is 10.2. The Morgan fingerprint density at radius 1 is 1.50 bits per heavy atom. The van der Waals surface area contributed by atoms with Crippen LogP contribution in [-0.4, -0.2) is 17.6 Å². The van der Waals surface area contributed by atoms with Crippen molar-refractivity contribution in [1.29, 1.82) is 0 Å². The van der Waals surface area contributed by atoms with Crippen LogP contribution in [0.4, 0.5) is 5.88 Å². The van der Waals surface area contributed by atoms with Crippen molar-refractivity contribution in [2.24, 2.45) is 0 Å². The van der Waals surface area contributed by atoms with Crippen molar-refractivity contribution in [2.75, 3.05) is 11.9 Å². The number of unbranched alkanes of at least 4 members (excludes halogenated alkanes) is 1. The molecule has 14 heavy (non-hydrogen) atoms. The van der Waals surface area contributed by atoms with Crippen molar-refractivity contribution in [1.82, 2.24) is 0 Å². The lowest BCUT2D eigenvalue weighted by molar-refractivity contribution is -0.137. The van der Waals surface area contributed by atoms with Gasteiger partial charge in [0.25, 0.3) is 0 Å². The fourth-order valence-electron chi connectivity index (χ4n) is 1.14. The van der Waals surface area contributed by atoms with E-state index in [1.807, 2.05) is 19.1 Å². The molecule has 0 aromatic carbocycles. The zero-order valence-electron chi connectivity index (χ0n) is 8.25. The minimum absolute atomic E-state index is 0.235. The van der Waals surface area contributed by atoms with Crippen molar-refractivity contribution in [3.63, 3.8) is 0 Å². The summed E-state index contributed by atoms with van der Waals surface area (Å²) in [5.74, 6) is 0.884. The number of hydrogen-bond donors (Lipinski definition) is 2. The maximum atomic E-state index is 10.2.